The summed E-state index contributed by atoms with van der Waals surface area (Å²) in [5, 5.41) is 4.30. The van der Waals surface area contributed by atoms with Gasteiger partial charge in [-0.1, -0.05) is 0 Å². The molecule has 6 heteroatoms. The summed E-state index contributed by atoms with van der Waals surface area (Å²) in [7, 11) is 0. The van der Waals surface area contributed by atoms with Crippen LogP contribution in [0.5, 0.6) is 0 Å². The van der Waals surface area contributed by atoms with Crippen LogP contribution in [-0.2, 0) is 17.8 Å². The summed E-state index contributed by atoms with van der Waals surface area (Å²) in [5.41, 5.74) is 8.62. The summed E-state index contributed by atoms with van der Waals surface area (Å²) in [6.07, 6.45) is 8.67. The quantitative estimate of drug-likeness (QED) is 0.888. The van der Waals surface area contributed by atoms with Crippen LogP contribution in [0.4, 0.5) is 0 Å². The van der Waals surface area contributed by atoms with Crippen LogP contribution in [0.2, 0.25) is 0 Å². The van der Waals surface area contributed by atoms with Gasteiger partial charge >= 0.3 is 0 Å². The molecule has 20 heavy (non-hydrogen) atoms. The fourth-order valence-corrected chi connectivity index (χ4v) is 2.67. The summed E-state index contributed by atoms with van der Waals surface area (Å²) >= 11 is 0. The number of hydrogen-bond acceptors (Lipinski definition) is 4. The summed E-state index contributed by atoms with van der Waals surface area (Å²) in [4.78, 5) is 4.24. The Bertz CT molecular complexity index is 555. The molecule has 0 bridgehead atoms. The number of nitrogens with zero attached hydrogens (tertiary/aromatic N) is 4. The SMILES string of the molecule is Cc1cnn(CCn2cncc2C(N)C2CCOC2)c1. The third kappa shape index (κ3) is 2.76. The lowest BCUT2D eigenvalue weighted by molar-refractivity contribution is 0.180. The van der Waals surface area contributed by atoms with Gasteiger partial charge in [-0.25, -0.2) is 4.98 Å². The van der Waals surface area contributed by atoms with Crippen LogP contribution < -0.4 is 5.73 Å². The molecule has 3 heterocycles. The maximum absolute atomic E-state index is 6.36. The van der Waals surface area contributed by atoms with E-state index < -0.39 is 0 Å². The summed E-state index contributed by atoms with van der Waals surface area (Å²) in [5.74, 6) is 0.400. The van der Waals surface area contributed by atoms with Gasteiger partial charge in [-0.05, 0) is 18.9 Å². The molecular weight excluding hydrogens is 254 g/mol. The molecule has 0 radical (unpaired) electrons. The molecule has 2 N–H and O–H groups in total. The Morgan fingerprint density at radius 1 is 1.45 bits per heavy atom. The van der Waals surface area contributed by atoms with Gasteiger partial charge in [0.25, 0.3) is 0 Å². The predicted octanol–water partition coefficient (Wildman–Crippen LogP) is 1.12. The first-order valence-electron chi connectivity index (χ1n) is 7.06. The van der Waals surface area contributed by atoms with Crippen LogP contribution in [0.15, 0.2) is 24.9 Å². The molecule has 0 saturated carbocycles. The topological polar surface area (TPSA) is 70.9 Å². The number of hydrogen-bond donors (Lipinski definition) is 1. The molecule has 6 nitrogen and oxygen atoms in total. The van der Waals surface area contributed by atoms with Gasteiger partial charge in [0.05, 0.1) is 37.4 Å². The van der Waals surface area contributed by atoms with Crippen molar-refractivity contribution < 1.29 is 4.74 Å². The molecule has 0 aromatic carbocycles. The minimum atomic E-state index is -0.000595. The van der Waals surface area contributed by atoms with E-state index in [0.717, 1.165) is 38.4 Å². The van der Waals surface area contributed by atoms with E-state index in [1.165, 1.54) is 5.56 Å². The largest absolute Gasteiger partial charge is 0.381 e. The maximum Gasteiger partial charge on any atom is 0.0949 e. The Hall–Kier alpha value is -1.66. The highest BCUT2D eigenvalue weighted by atomic mass is 16.5. The van der Waals surface area contributed by atoms with Crippen LogP contribution >= 0.6 is 0 Å². The van der Waals surface area contributed by atoms with Crippen LogP contribution in [0.1, 0.15) is 23.7 Å². The molecule has 2 atom stereocenters. The molecule has 0 amide bonds. The molecule has 2 aromatic rings. The summed E-state index contributed by atoms with van der Waals surface area (Å²) < 4.78 is 9.50. The summed E-state index contributed by atoms with van der Waals surface area (Å²) in [6.45, 7) is 5.27. The van der Waals surface area contributed by atoms with Gasteiger partial charge in [0.2, 0.25) is 0 Å². The van der Waals surface area contributed by atoms with Crippen molar-refractivity contribution in [2.45, 2.75) is 32.5 Å². The monoisotopic (exact) mass is 275 g/mol. The lowest BCUT2D eigenvalue weighted by Crippen LogP contribution is -2.25. The fraction of sp³-hybridized carbons (Fsp3) is 0.571. The number of nitrogens with two attached hydrogens (primary N) is 1. The zero-order valence-corrected chi connectivity index (χ0v) is 11.8. The zero-order valence-electron chi connectivity index (χ0n) is 11.8. The standard InChI is InChI=1S/C14H21N5O/c1-11-6-17-19(8-11)4-3-18-10-16-7-13(18)14(15)12-2-5-20-9-12/h6-8,10,12,14H,2-5,9,15H2,1H3. The second kappa shape index (κ2) is 5.76. The van der Waals surface area contributed by atoms with Crippen molar-refractivity contribution in [1.82, 2.24) is 19.3 Å². The Balaban J connectivity index is 1.66. The minimum Gasteiger partial charge on any atom is -0.381 e. The fourth-order valence-electron chi connectivity index (χ4n) is 2.67. The molecule has 0 aliphatic carbocycles. The van der Waals surface area contributed by atoms with Crippen molar-refractivity contribution in [3.63, 3.8) is 0 Å². The van der Waals surface area contributed by atoms with Gasteiger partial charge in [-0.15, -0.1) is 0 Å². The third-order valence-electron chi connectivity index (χ3n) is 3.89. The van der Waals surface area contributed by atoms with Gasteiger partial charge in [0.1, 0.15) is 0 Å². The van der Waals surface area contributed by atoms with Crippen molar-refractivity contribution in [3.8, 4) is 0 Å². The van der Waals surface area contributed by atoms with E-state index in [2.05, 4.69) is 14.6 Å². The van der Waals surface area contributed by atoms with Gasteiger partial charge < -0.3 is 15.0 Å². The Labute approximate surface area is 118 Å². The van der Waals surface area contributed by atoms with E-state index >= 15 is 0 Å². The second-order valence-corrected chi connectivity index (χ2v) is 5.44. The van der Waals surface area contributed by atoms with Crippen LogP contribution in [-0.4, -0.2) is 32.5 Å². The molecule has 1 saturated heterocycles. The highest BCUT2D eigenvalue weighted by molar-refractivity contribution is 5.07. The van der Waals surface area contributed by atoms with E-state index in [1.54, 1.807) is 0 Å². The first kappa shape index (κ1) is 13.3. The molecule has 3 rings (SSSR count). The van der Waals surface area contributed by atoms with Crippen LogP contribution in [0, 0.1) is 12.8 Å². The van der Waals surface area contributed by atoms with E-state index in [4.69, 9.17) is 10.5 Å². The van der Waals surface area contributed by atoms with Gasteiger partial charge in [0.15, 0.2) is 0 Å². The number of imidazole rings is 1. The molecule has 2 unspecified atom stereocenters. The lowest BCUT2D eigenvalue weighted by Gasteiger charge is -2.19. The summed E-state index contributed by atoms with van der Waals surface area (Å²) in [6, 6.07) is -0.000595. The zero-order chi connectivity index (χ0) is 13.9. The van der Waals surface area contributed by atoms with Crippen molar-refractivity contribution in [2.24, 2.45) is 11.7 Å². The molecular formula is C14H21N5O. The van der Waals surface area contributed by atoms with Crippen molar-refractivity contribution in [2.75, 3.05) is 13.2 Å². The number of aromatic nitrogens is 4. The Kier molecular flexibility index (Phi) is 3.84. The second-order valence-electron chi connectivity index (χ2n) is 5.44. The van der Waals surface area contributed by atoms with E-state index in [9.17, 15) is 0 Å². The molecule has 1 aliphatic rings. The minimum absolute atomic E-state index is 0.000595. The highest BCUT2D eigenvalue weighted by Crippen LogP contribution is 2.26. The normalized spacial score (nSPS) is 20.4. The Morgan fingerprint density at radius 2 is 2.35 bits per heavy atom. The van der Waals surface area contributed by atoms with Crippen molar-refractivity contribution in [1.29, 1.82) is 0 Å². The highest BCUT2D eigenvalue weighted by Gasteiger charge is 2.26. The lowest BCUT2D eigenvalue weighted by atomic mass is 9.97. The third-order valence-corrected chi connectivity index (χ3v) is 3.89. The first-order valence-corrected chi connectivity index (χ1v) is 7.06. The average molecular weight is 275 g/mol. The van der Waals surface area contributed by atoms with E-state index in [1.807, 2.05) is 36.5 Å². The smallest absolute Gasteiger partial charge is 0.0949 e. The van der Waals surface area contributed by atoms with Gasteiger partial charge in [-0.2, -0.15) is 5.10 Å². The van der Waals surface area contributed by atoms with Crippen molar-refractivity contribution >= 4 is 0 Å². The van der Waals surface area contributed by atoms with E-state index in [-0.39, 0.29) is 6.04 Å². The van der Waals surface area contributed by atoms with Gasteiger partial charge in [-0.3, -0.25) is 4.68 Å². The van der Waals surface area contributed by atoms with E-state index in [0.29, 0.717) is 5.92 Å². The Morgan fingerprint density at radius 3 is 3.05 bits per heavy atom. The first-order chi connectivity index (χ1) is 9.74. The van der Waals surface area contributed by atoms with Crippen LogP contribution in [0.25, 0.3) is 0 Å². The number of aryl methyl sites for hydroxylation is 3. The average Bonchev–Trinajstić information content (AvgIpc) is 3.17. The molecule has 1 fully saturated rings. The molecule has 108 valence electrons. The predicted molar refractivity (Wildman–Crippen MR) is 75.0 cm³/mol. The maximum atomic E-state index is 6.36. The van der Waals surface area contributed by atoms with Gasteiger partial charge in [0, 0.05) is 31.5 Å². The molecule has 0 spiro atoms. The van der Waals surface area contributed by atoms with Crippen LogP contribution in [0.3, 0.4) is 0 Å². The number of rotatable bonds is 5. The van der Waals surface area contributed by atoms with Crippen molar-refractivity contribution in [3.05, 3.63) is 36.2 Å². The number of ether oxygens (including phenoxy) is 1. The molecule has 2 aromatic heterocycles. The molecule has 1 aliphatic heterocycles.